The number of benzene rings is 2. The third kappa shape index (κ3) is 3.80. The molecule has 0 unspecified atom stereocenters. The van der Waals surface area contributed by atoms with Crippen molar-refractivity contribution in [2.24, 2.45) is 0 Å². The Morgan fingerprint density at radius 3 is 2.38 bits per heavy atom. The van der Waals surface area contributed by atoms with E-state index in [0.717, 1.165) is 12.8 Å². The first-order valence-corrected chi connectivity index (χ1v) is 9.03. The molecule has 0 atom stereocenters. The molecule has 7 heteroatoms. The fourth-order valence-electron chi connectivity index (χ4n) is 2.24. The predicted molar refractivity (Wildman–Crippen MR) is 88.9 cm³/mol. The van der Waals surface area contributed by atoms with Crippen LogP contribution in [0.4, 0.5) is 10.1 Å². The molecular weight excluding hydrogens is 331 g/mol. The highest BCUT2D eigenvalue weighted by atomic mass is 32.2. The van der Waals surface area contributed by atoms with Crippen LogP contribution in [0.15, 0.2) is 47.4 Å². The standard InChI is InChI=1S/C17H17FN2O3S/c1-11-10-13(18)4-9-16(11)19-17(21)12-2-7-15(8-3-12)24(22,23)20-14-5-6-14/h2-4,7-10,14,20H,5-6H2,1H3,(H,19,21). The summed E-state index contributed by atoms with van der Waals surface area (Å²) in [6, 6.07) is 9.82. The lowest BCUT2D eigenvalue weighted by Crippen LogP contribution is -2.25. The molecule has 2 N–H and O–H groups in total. The molecule has 5 nitrogen and oxygen atoms in total. The lowest BCUT2D eigenvalue weighted by atomic mass is 10.1. The van der Waals surface area contributed by atoms with Crippen LogP contribution in [-0.4, -0.2) is 20.4 Å². The molecule has 126 valence electrons. The van der Waals surface area contributed by atoms with Gasteiger partial charge in [0.1, 0.15) is 5.82 Å². The predicted octanol–water partition coefficient (Wildman–Crippen LogP) is 2.83. The third-order valence-electron chi connectivity index (χ3n) is 3.76. The molecule has 2 aromatic carbocycles. The maximum Gasteiger partial charge on any atom is 0.255 e. The maximum absolute atomic E-state index is 13.1. The van der Waals surface area contributed by atoms with Crippen molar-refractivity contribution in [3.05, 3.63) is 59.4 Å². The van der Waals surface area contributed by atoms with Gasteiger partial charge in [-0.3, -0.25) is 4.79 Å². The Balaban J connectivity index is 1.73. The van der Waals surface area contributed by atoms with Crippen LogP contribution in [0.3, 0.4) is 0 Å². The summed E-state index contributed by atoms with van der Waals surface area (Å²) in [4.78, 5) is 12.4. The van der Waals surface area contributed by atoms with Crippen LogP contribution >= 0.6 is 0 Å². The van der Waals surface area contributed by atoms with Crippen LogP contribution < -0.4 is 10.0 Å². The Morgan fingerprint density at radius 2 is 1.79 bits per heavy atom. The number of sulfonamides is 1. The Morgan fingerprint density at radius 1 is 1.12 bits per heavy atom. The van der Waals surface area contributed by atoms with E-state index in [4.69, 9.17) is 0 Å². The first-order chi connectivity index (χ1) is 11.3. The van der Waals surface area contributed by atoms with Gasteiger partial charge in [0.2, 0.25) is 10.0 Å². The van der Waals surface area contributed by atoms with Crippen molar-refractivity contribution in [3.63, 3.8) is 0 Å². The van der Waals surface area contributed by atoms with E-state index in [1.54, 1.807) is 6.92 Å². The summed E-state index contributed by atoms with van der Waals surface area (Å²) in [5, 5.41) is 2.68. The van der Waals surface area contributed by atoms with E-state index in [0.29, 0.717) is 16.8 Å². The van der Waals surface area contributed by atoms with Crippen LogP contribution in [0.5, 0.6) is 0 Å². The number of amides is 1. The van der Waals surface area contributed by atoms with Crippen molar-refractivity contribution in [2.75, 3.05) is 5.32 Å². The van der Waals surface area contributed by atoms with Crippen molar-refractivity contribution >= 4 is 21.6 Å². The zero-order valence-corrected chi connectivity index (χ0v) is 13.9. The van der Waals surface area contributed by atoms with Gasteiger partial charge in [0.25, 0.3) is 5.91 Å². The second-order valence-corrected chi connectivity index (χ2v) is 7.55. The highest BCUT2D eigenvalue weighted by molar-refractivity contribution is 7.89. The quantitative estimate of drug-likeness (QED) is 0.872. The second kappa shape index (κ2) is 6.33. The zero-order chi connectivity index (χ0) is 17.3. The van der Waals surface area contributed by atoms with Gasteiger partial charge in [0.05, 0.1) is 4.90 Å². The minimum Gasteiger partial charge on any atom is -0.322 e. The zero-order valence-electron chi connectivity index (χ0n) is 13.0. The minimum atomic E-state index is -3.53. The summed E-state index contributed by atoms with van der Waals surface area (Å²) in [5.74, 6) is -0.757. The van der Waals surface area contributed by atoms with Gasteiger partial charge in [-0.1, -0.05) is 0 Å². The van der Waals surface area contributed by atoms with Crippen LogP contribution in [0, 0.1) is 12.7 Å². The van der Waals surface area contributed by atoms with Gasteiger partial charge in [-0.15, -0.1) is 0 Å². The summed E-state index contributed by atoms with van der Waals surface area (Å²) < 4.78 is 39.8. The van der Waals surface area contributed by atoms with Crippen molar-refractivity contribution in [1.29, 1.82) is 0 Å². The summed E-state index contributed by atoms with van der Waals surface area (Å²) in [5.41, 5.74) is 1.44. The van der Waals surface area contributed by atoms with Gasteiger partial charge >= 0.3 is 0 Å². The molecule has 24 heavy (non-hydrogen) atoms. The average molecular weight is 348 g/mol. The lowest BCUT2D eigenvalue weighted by Gasteiger charge is -2.09. The molecule has 0 aromatic heterocycles. The van der Waals surface area contributed by atoms with Crippen molar-refractivity contribution in [2.45, 2.75) is 30.7 Å². The topological polar surface area (TPSA) is 75.3 Å². The smallest absolute Gasteiger partial charge is 0.255 e. The summed E-state index contributed by atoms with van der Waals surface area (Å²) >= 11 is 0. The van der Waals surface area contributed by atoms with Crippen molar-refractivity contribution in [3.8, 4) is 0 Å². The van der Waals surface area contributed by atoms with Gasteiger partial charge in [0, 0.05) is 17.3 Å². The third-order valence-corrected chi connectivity index (χ3v) is 5.30. The van der Waals surface area contributed by atoms with Gasteiger partial charge in [-0.2, -0.15) is 0 Å². The molecule has 3 rings (SSSR count). The first kappa shape index (κ1) is 16.6. The Hall–Kier alpha value is -2.25. The number of hydrogen-bond acceptors (Lipinski definition) is 3. The molecule has 0 saturated heterocycles. The number of aryl methyl sites for hydroxylation is 1. The Labute approximate surface area is 139 Å². The molecule has 1 aliphatic rings. The van der Waals surface area contributed by atoms with Gasteiger partial charge in [0.15, 0.2) is 0 Å². The van der Waals surface area contributed by atoms with E-state index in [9.17, 15) is 17.6 Å². The number of anilines is 1. The van der Waals surface area contributed by atoms with Crippen LogP contribution in [0.1, 0.15) is 28.8 Å². The summed E-state index contributed by atoms with van der Waals surface area (Å²) in [6.45, 7) is 1.69. The maximum atomic E-state index is 13.1. The fourth-order valence-corrected chi connectivity index (χ4v) is 3.54. The van der Waals surface area contributed by atoms with E-state index in [1.165, 1.54) is 42.5 Å². The number of rotatable bonds is 5. The van der Waals surface area contributed by atoms with E-state index in [1.807, 2.05) is 0 Å². The highest BCUT2D eigenvalue weighted by Gasteiger charge is 2.27. The average Bonchev–Trinajstić information content (AvgIpc) is 3.33. The van der Waals surface area contributed by atoms with Gasteiger partial charge in [-0.05, 0) is 67.8 Å². The number of nitrogens with one attached hydrogen (secondary N) is 2. The van der Waals surface area contributed by atoms with E-state index < -0.39 is 10.0 Å². The van der Waals surface area contributed by atoms with Gasteiger partial charge in [-0.25, -0.2) is 17.5 Å². The second-order valence-electron chi connectivity index (χ2n) is 5.83. The van der Waals surface area contributed by atoms with E-state index in [2.05, 4.69) is 10.0 Å². The molecule has 2 aromatic rings. The Kier molecular flexibility index (Phi) is 4.38. The SMILES string of the molecule is Cc1cc(F)ccc1NC(=O)c1ccc(S(=O)(=O)NC2CC2)cc1. The molecular formula is C17H17FN2O3S. The molecule has 0 radical (unpaired) electrons. The fraction of sp³-hybridized carbons (Fsp3) is 0.235. The highest BCUT2D eigenvalue weighted by Crippen LogP contribution is 2.22. The Bertz CT molecular complexity index is 875. The number of carbonyl (C=O) groups excluding carboxylic acids is 1. The minimum absolute atomic E-state index is 0.0272. The molecule has 0 bridgehead atoms. The monoisotopic (exact) mass is 348 g/mol. The van der Waals surface area contributed by atoms with Crippen LogP contribution in [0.2, 0.25) is 0 Å². The number of hydrogen-bond donors (Lipinski definition) is 2. The van der Waals surface area contributed by atoms with Crippen molar-refractivity contribution < 1.29 is 17.6 Å². The van der Waals surface area contributed by atoms with Crippen LogP contribution in [-0.2, 0) is 10.0 Å². The van der Waals surface area contributed by atoms with Crippen molar-refractivity contribution in [1.82, 2.24) is 4.72 Å². The molecule has 0 heterocycles. The molecule has 0 aliphatic heterocycles. The molecule has 1 saturated carbocycles. The van der Waals surface area contributed by atoms with E-state index >= 15 is 0 Å². The number of halogens is 1. The van der Waals surface area contributed by atoms with Gasteiger partial charge < -0.3 is 5.32 Å². The largest absolute Gasteiger partial charge is 0.322 e. The summed E-state index contributed by atoms with van der Waals surface area (Å²) in [7, 11) is -3.53. The molecule has 1 aliphatic carbocycles. The number of carbonyl (C=O) groups is 1. The van der Waals surface area contributed by atoms with Crippen LogP contribution in [0.25, 0.3) is 0 Å². The first-order valence-electron chi connectivity index (χ1n) is 7.55. The molecule has 1 fully saturated rings. The normalized spacial score (nSPS) is 14.4. The molecule has 0 spiro atoms. The van der Waals surface area contributed by atoms with E-state index in [-0.39, 0.29) is 22.7 Å². The molecule has 1 amide bonds. The summed E-state index contributed by atoms with van der Waals surface area (Å²) in [6.07, 6.45) is 1.72. The lowest BCUT2D eigenvalue weighted by molar-refractivity contribution is 0.102.